The number of carboxylic acids is 1. The third-order valence-electron chi connectivity index (χ3n) is 18.9. The lowest BCUT2D eigenvalue weighted by Gasteiger charge is -2.24. The van der Waals surface area contributed by atoms with E-state index in [2.05, 4.69) is 80.6 Å². The minimum atomic E-state index is -3.58. The fourth-order valence-corrected chi connectivity index (χ4v) is 13.1. The minimum Gasteiger partial charge on any atom is -1.00 e. The van der Waals surface area contributed by atoms with Crippen LogP contribution in [-0.4, -0.2) is 150 Å². The summed E-state index contributed by atoms with van der Waals surface area (Å²) in [6.07, 6.45) is 27.1. The number of methoxy groups -OCH3 is 3. The van der Waals surface area contributed by atoms with Crippen molar-refractivity contribution in [3.05, 3.63) is 334 Å². The molecule has 0 aliphatic carbocycles. The van der Waals surface area contributed by atoms with Crippen LogP contribution < -0.4 is 47.8 Å². The number of rotatable bonds is 22. The maximum absolute atomic E-state index is 13.4. The van der Waals surface area contributed by atoms with Crippen molar-refractivity contribution in [2.24, 2.45) is 0 Å². The predicted octanol–water partition coefficient (Wildman–Crippen LogP) is 14.7. The largest absolute Gasteiger partial charge is 1.00 e. The van der Waals surface area contributed by atoms with E-state index in [1.807, 2.05) is 142 Å². The van der Waals surface area contributed by atoms with Crippen LogP contribution in [0.5, 0.6) is 5.75 Å². The van der Waals surface area contributed by atoms with E-state index in [9.17, 15) is 42.0 Å². The number of Topliss-reactive ketones (excluding diaryl/α,β-unsaturated/α-hetero) is 2. The van der Waals surface area contributed by atoms with E-state index in [-0.39, 0.29) is 82.8 Å². The molecule has 0 unspecified atom stereocenters. The topological polar surface area (TPSA) is 395 Å². The van der Waals surface area contributed by atoms with Gasteiger partial charge in [-0.25, -0.2) is 42.5 Å². The van der Waals surface area contributed by atoms with Gasteiger partial charge in [0.15, 0.2) is 34.5 Å². The van der Waals surface area contributed by atoms with Crippen molar-refractivity contribution < 1.29 is 88.0 Å². The first-order valence-corrected chi connectivity index (χ1v) is 42.4. The average molecular weight is 1900 g/mol. The van der Waals surface area contributed by atoms with E-state index in [0.29, 0.717) is 61.5 Å². The molecule has 29 nitrogen and oxygen atoms in total. The van der Waals surface area contributed by atoms with Gasteiger partial charge in [0.1, 0.15) is 0 Å². The third kappa shape index (κ3) is 28.4. The zero-order valence-electron chi connectivity index (χ0n) is 71.8. The van der Waals surface area contributed by atoms with Crippen LogP contribution >= 0.6 is 28.1 Å². The minimum absolute atomic E-state index is 0. The van der Waals surface area contributed by atoms with Crippen LogP contribution in [0.25, 0.3) is 50.8 Å². The van der Waals surface area contributed by atoms with Gasteiger partial charge in [0.05, 0.1) is 132 Å². The number of hydrogen-bond acceptors (Lipinski definition) is 22. The van der Waals surface area contributed by atoms with Gasteiger partial charge in [0.2, 0.25) is 10.0 Å². The van der Waals surface area contributed by atoms with Gasteiger partial charge in [0, 0.05) is 113 Å². The van der Waals surface area contributed by atoms with E-state index < -0.39 is 22.0 Å². The number of imidazole rings is 3. The maximum atomic E-state index is 13.4. The van der Waals surface area contributed by atoms with Crippen molar-refractivity contribution >= 4 is 102 Å². The summed E-state index contributed by atoms with van der Waals surface area (Å²) in [5.74, 6) is -2.16. The summed E-state index contributed by atoms with van der Waals surface area (Å²) in [5, 5.41) is 15.4. The molecule has 14 aromatic rings. The number of carbonyl (C=O) groups excluding carboxylic acids is 6. The molecule has 0 radical (unpaired) electrons. The van der Waals surface area contributed by atoms with Crippen LogP contribution in [-0.2, 0) is 29.6 Å². The summed E-state index contributed by atoms with van der Waals surface area (Å²) in [6.45, 7) is 17.9. The molecule has 0 atom stereocenters. The van der Waals surface area contributed by atoms with Crippen LogP contribution in [0.3, 0.4) is 0 Å². The number of ketones is 2. The number of sulfonamides is 1. The molecule has 0 saturated heterocycles. The standard InChI is InChI=1S/C28H31N5O4S.C18H17N3O2S.C16H13N3O2.C16H16N2O3.C9H11NO2.C7H6BrNO.CH4.BrH/c1-18-9-10-19(12-25(18)33-16-24(30-17-33)20-8-7-11-29-15-20)27(34)31-22-13-21(28(2,3)4)14-23(26(22)37-5)32-38(6,35)36;1-3-23-17(22)13-7-6-12(2)16(9-13)21-11-15(20-18(21)24)14-5-4-8-19-10-14;1-11-4-5-12(16(20)21)7-15(11)19-9-14(18-10-19)13-3-2-6-17-8-13;1-11-5-6-12(16(20)21-2)8-14(11)18-10-15(19)13-4-3-7-17-9-13;1-6-3-4-7(5-8(6)10)9(11)12-2;8-4-7(10)6-2-1-3-9-5-6;;/h7-17,32H,1-6H3,(H,31,34);4-11H,3H2,1-2H3,(H,20,24);2-10H,1H3,(H,20,21);3-9,18H,10H2,1-2H3;3-5H,10H2,1-2H3;1-3,5H,4H2;1H4;1H. The lowest BCUT2D eigenvalue weighted by Crippen LogP contribution is -3.00. The summed E-state index contributed by atoms with van der Waals surface area (Å²) in [7, 11) is 0.525. The molecule has 664 valence electrons. The number of aromatic amines is 2. The number of aryl methyl sites for hydroxylation is 5. The van der Waals surface area contributed by atoms with E-state index in [4.69, 9.17) is 32.5 Å². The van der Waals surface area contributed by atoms with Gasteiger partial charge in [-0.2, -0.15) is 0 Å². The number of H-pyrrole nitrogens is 2. The Labute approximate surface area is 766 Å². The highest BCUT2D eigenvalue weighted by Gasteiger charge is 2.24. The average Bonchev–Trinajstić information content (AvgIpc) is 1.70. The Morgan fingerprint density at radius 1 is 0.562 bits per heavy atom. The first-order chi connectivity index (χ1) is 60.2. The van der Waals surface area contributed by atoms with E-state index in [1.165, 1.54) is 27.5 Å². The van der Waals surface area contributed by atoms with Crippen LogP contribution in [0.15, 0.2) is 257 Å². The number of nitrogens with zero attached hydrogens (tertiary/aromatic N) is 9. The maximum Gasteiger partial charge on any atom is 0.338 e. The smallest absolute Gasteiger partial charge is 0.338 e. The second-order valence-corrected chi connectivity index (χ2v) is 31.8. The van der Waals surface area contributed by atoms with Crippen molar-refractivity contribution in [2.45, 2.75) is 75.2 Å². The number of alkyl halides is 1. The molecule has 0 bridgehead atoms. The molecule has 0 saturated carbocycles. The van der Waals surface area contributed by atoms with Crippen molar-refractivity contribution in [2.75, 3.05) is 67.2 Å². The highest BCUT2D eigenvalue weighted by molar-refractivity contribution is 9.09. The molecule has 0 aliphatic rings. The second-order valence-electron chi connectivity index (χ2n) is 29.1. The number of hydrogen-bond donors (Lipinski definition) is 6. The van der Waals surface area contributed by atoms with Gasteiger partial charge >= 0.3 is 23.9 Å². The molecular weight excluding hydrogens is 1800 g/mol. The third-order valence-corrected chi connectivity index (χ3v) is 20.3. The number of nitrogen functional groups attached to an aromatic ring is 1. The Bertz CT molecular complexity index is 6350. The Kier molecular flexibility index (Phi) is 37.6. The Hall–Kier alpha value is -14.3. The van der Waals surface area contributed by atoms with Gasteiger partial charge in [-0.1, -0.05) is 74.5 Å². The highest BCUT2D eigenvalue weighted by Crippen LogP contribution is 2.40. The Morgan fingerprint density at radius 2 is 1.05 bits per heavy atom. The van der Waals surface area contributed by atoms with Gasteiger partial charge in [-0.15, -0.1) is 0 Å². The van der Waals surface area contributed by atoms with Gasteiger partial charge in [-0.3, -0.25) is 43.6 Å². The summed E-state index contributed by atoms with van der Waals surface area (Å²) in [5.41, 5.74) is 23.9. The van der Waals surface area contributed by atoms with Crippen LogP contribution in [0, 0.1) is 39.4 Å². The van der Waals surface area contributed by atoms with Crippen molar-refractivity contribution in [3.63, 3.8) is 0 Å². The lowest BCUT2D eigenvalue weighted by atomic mass is 9.86. The fraction of sp³-hybridized carbons (Fsp3) is 0.189. The molecule has 0 aliphatic heterocycles. The predicted molar refractivity (Wildman–Crippen MR) is 497 cm³/mol. The quantitative estimate of drug-likeness (QED) is 0.00916. The highest BCUT2D eigenvalue weighted by atomic mass is 79.9. The number of esters is 3. The number of nitrogens with one attached hydrogen (secondary N) is 5. The summed E-state index contributed by atoms with van der Waals surface area (Å²) in [4.78, 5) is 113. The number of halogens is 2. The number of carbonyl (C=O) groups is 7. The molecule has 8 aromatic heterocycles. The van der Waals surface area contributed by atoms with Crippen molar-refractivity contribution in [3.8, 4) is 56.6 Å². The molecule has 0 fully saturated rings. The van der Waals surface area contributed by atoms with E-state index in [1.54, 1.807) is 185 Å². The molecule has 0 spiro atoms. The van der Waals surface area contributed by atoms with E-state index in [0.717, 1.165) is 96.2 Å². The number of amides is 1. The SMILES string of the molecule is C.CCOC(=O)c1ccc(C)c(-n2cc(-c3cccnc3)[nH]c2=S)c1.COC(=O)c1ccc(C)c(N)c1.COC(=O)c1ccc(C)c(NCC(=O)c2cccnc2)c1.COc1c(NC(=O)c2ccc(C)c(-n3cnc(-c4cccnc4)c3)c2)cc(C(C)(C)C)cc1NS(C)(=O)=O.Cc1ccc(C(=O)O)cc1-n1cnc(-c2cccnc2)c1.O=C(CBr)c1ccc[nH+]c1.[Br-]. The van der Waals surface area contributed by atoms with Gasteiger partial charge < -0.3 is 71.5 Å². The van der Waals surface area contributed by atoms with Crippen molar-refractivity contribution in [1.29, 1.82) is 0 Å². The first kappa shape index (κ1) is 101. The number of aromatic nitrogens is 11. The molecule has 128 heavy (non-hydrogen) atoms. The molecule has 8 N–H and O–H groups in total. The number of pyridine rings is 5. The summed E-state index contributed by atoms with van der Waals surface area (Å²) in [6, 6.07) is 48.1. The first-order valence-electron chi connectivity index (χ1n) is 38.9. The Morgan fingerprint density at radius 3 is 1.53 bits per heavy atom. The Balaban J connectivity index is 0.000000220. The molecule has 6 aromatic carbocycles. The summed E-state index contributed by atoms with van der Waals surface area (Å²) < 4.78 is 52.5. The molecule has 14 rings (SSSR count). The zero-order valence-corrected chi connectivity index (χ0v) is 76.6. The van der Waals surface area contributed by atoms with Crippen molar-refractivity contribution in [1.82, 2.24) is 48.6 Å². The number of nitrogens with two attached hydrogens (primary N) is 1. The zero-order chi connectivity index (χ0) is 91.4. The molecule has 8 heterocycles. The molecule has 33 heteroatoms. The van der Waals surface area contributed by atoms with Crippen LogP contribution in [0.1, 0.15) is 141 Å². The number of ether oxygens (including phenoxy) is 4. The van der Waals surface area contributed by atoms with Gasteiger partial charge in [0.25, 0.3) is 5.91 Å². The van der Waals surface area contributed by atoms with Gasteiger partial charge in [-0.05, 0) is 220 Å². The normalized spacial score (nSPS) is 10.5. The monoisotopic (exact) mass is 1900 g/mol. The lowest BCUT2D eigenvalue weighted by molar-refractivity contribution is -0.378. The fourth-order valence-electron chi connectivity index (χ4n) is 12.0. The second kappa shape index (κ2) is 47.7. The number of benzene rings is 6. The van der Waals surface area contributed by atoms with Crippen LogP contribution in [0.2, 0.25) is 0 Å². The van der Waals surface area contributed by atoms with Crippen LogP contribution in [0.4, 0.5) is 22.7 Å². The van der Waals surface area contributed by atoms with E-state index >= 15 is 0 Å². The number of aromatic carboxylic acids is 1. The number of anilines is 4. The molecule has 1 amide bonds. The molecular formula is C95H99Br2N15O14S2. The summed E-state index contributed by atoms with van der Waals surface area (Å²) >= 11 is 8.53. The number of carboxylic acid groups (broad SMARTS) is 1.